The van der Waals surface area contributed by atoms with Gasteiger partial charge in [0.1, 0.15) is 226 Å². The summed E-state index contributed by atoms with van der Waals surface area (Å²) in [6, 6.07) is -7.73. The summed E-state index contributed by atoms with van der Waals surface area (Å²) in [6.07, 6.45) is -94.3. The normalized spacial score (nSPS) is 49.7. The van der Waals surface area contributed by atoms with Crippen molar-refractivity contribution >= 4 is 23.6 Å². The van der Waals surface area contributed by atoms with Crippen LogP contribution in [0.15, 0.2) is 0 Å². The van der Waals surface area contributed by atoms with Crippen molar-refractivity contribution in [2.75, 3.05) is 72.7 Å². The van der Waals surface area contributed by atoms with Crippen molar-refractivity contribution in [2.24, 2.45) is 17.8 Å². The topological polar surface area (TPSA) is 856 Å². The van der Waals surface area contributed by atoms with Gasteiger partial charge in [-0.2, -0.15) is 0 Å². The molecule has 54 atom stereocenters. The zero-order chi connectivity index (χ0) is 96.9. The predicted molar refractivity (Wildman–Crippen MR) is 412 cm³/mol. The quantitative estimate of drug-likeness (QED) is 0.0280. The van der Waals surface area contributed by atoms with E-state index >= 15 is 0 Å². The number of ether oxygens (including phenoxy) is 21. The highest BCUT2D eigenvalue weighted by Gasteiger charge is 2.63. The Labute approximate surface area is 751 Å². The molecule has 132 heavy (non-hydrogen) atoms. The van der Waals surface area contributed by atoms with Gasteiger partial charge in [-0.1, -0.05) is 20.8 Å². The fourth-order valence-electron chi connectivity index (χ4n) is 17.6. The molecular formula is C76H128N4O52. The Kier molecular flexibility index (Phi) is 39.0. The summed E-state index contributed by atoms with van der Waals surface area (Å²) >= 11 is 0. The lowest BCUT2D eigenvalue weighted by atomic mass is 9.90. The van der Waals surface area contributed by atoms with E-state index in [1.54, 1.807) is 0 Å². The molecular weight excluding hydrogens is 1800 g/mol. The van der Waals surface area contributed by atoms with E-state index in [9.17, 15) is 157 Å². The van der Waals surface area contributed by atoms with Crippen LogP contribution in [-0.2, 0) is 119 Å². The van der Waals surface area contributed by atoms with Crippen molar-refractivity contribution in [1.82, 2.24) is 21.3 Å². The minimum atomic E-state index is -2.54. The molecule has 0 saturated carbocycles. The molecule has 11 heterocycles. The van der Waals surface area contributed by atoms with Crippen LogP contribution in [0.4, 0.5) is 0 Å². The van der Waals surface area contributed by atoms with E-state index < -0.39 is 427 Å². The monoisotopic (exact) mass is 1930 g/mol. The Bertz CT molecular complexity index is 3590. The van der Waals surface area contributed by atoms with Crippen LogP contribution in [0.25, 0.3) is 0 Å². The number of nitrogens with one attached hydrogen (secondary N) is 4. The van der Waals surface area contributed by atoms with Gasteiger partial charge in [-0.15, -0.1) is 0 Å². The number of aliphatic hydroxyl groups is 27. The highest BCUT2D eigenvalue weighted by molar-refractivity contribution is 5.74. The molecule has 11 aliphatic rings. The molecule has 764 valence electrons. The van der Waals surface area contributed by atoms with Gasteiger partial charge in [-0.25, -0.2) is 0 Å². The minimum Gasteiger partial charge on any atom is -0.394 e. The molecule has 0 bridgehead atoms. The molecule has 11 aliphatic heterocycles. The van der Waals surface area contributed by atoms with Gasteiger partial charge in [-0.3, -0.25) is 19.2 Å². The van der Waals surface area contributed by atoms with Crippen molar-refractivity contribution in [3.8, 4) is 0 Å². The molecule has 0 spiro atoms. The largest absolute Gasteiger partial charge is 0.394 e. The summed E-state index contributed by atoms with van der Waals surface area (Å²) in [5.74, 6) is -6.99. The van der Waals surface area contributed by atoms with Crippen LogP contribution in [-0.4, -0.2) is 547 Å². The summed E-state index contributed by atoms with van der Waals surface area (Å²) in [4.78, 5) is 52.6. The summed E-state index contributed by atoms with van der Waals surface area (Å²) in [7, 11) is 0. The van der Waals surface area contributed by atoms with Crippen LogP contribution in [0.2, 0.25) is 0 Å². The van der Waals surface area contributed by atoms with Gasteiger partial charge < -0.3 is 259 Å². The molecule has 0 aliphatic carbocycles. The summed E-state index contributed by atoms with van der Waals surface area (Å²) in [5.41, 5.74) is 0. The SMILES string of the molecule is CC(=O)N[C@H]1[C@H](O[C@@H]2[C@@H](O[C@H]3[C@H](O)[C@@H](CO[C@H]4O[C@H](CO)[C@@H](O)[C@H](O)[C@@H]4O)O[C@@H](O[C@H]4[C@H](O)[C@@H](NC(C)=O)[C@H](O[C@H]5[C@H](O)[C@@H](NC(C)=O)C(O)O[C@@H]5CO)O[C@@H]4CO)[C@H]3O[C@@H]3O[C@H](CO)[C@H](O)[C@H]3O)O[C@H](CO)[C@@H](O)[C@@H]2O)O[C@H](CO)[C@@H](O[C@@H]2O[C@H](CO[C@@H]3O[C@H](CO)[C@H](O)[C@H](C)[C@H]3O)[C@H](O)[C@H](O[C@@H]3O[C@H](CO[C@@H]4O[C@H](CO)[C@H](O)[C@H](C)[C@H]4O)[C@H](O)[C@H](C)[C@H]3O)[C@H]2NC(C)=O)[C@@H]1O. The van der Waals surface area contributed by atoms with Crippen LogP contribution in [0.3, 0.4) is 0 Å². The van der Waals surface area contributed by atoms with Crippen LogP contribution in [0.5, 0.6) is 0 Å². The van der Waals surface area contributed by atoms with E-state index in [4.69, 9.17) is 99.5 Å². The van der Waals surface area contributed by atoms with E-state index in [2.05, 4.69) is 21.3 Å². The van der Waals surface area contributed by atoms with E-state index in [1.165, 1.54) is 20.8 Å². The molecule has 11 rings (SSSR count). The number of aliphatic hydroxyl groups excluding tert-OH is 27. The standard InChI is InChI=1S/C76H128N4O52/c1-19-41(93)26(8-81)116-70(44(19)96)112-16-34-43(95)21(3)46(98)73(124-34)129-62-40(80-25(7)92)69(123-35(50(62)102)17-113-71-45(97)20(2)42(94)27(9-82)117-71)127-60-32(14-87)122-68(39(53(60)105)79-24(6)91)131-64-56(108)48(100)29(11-84)120-75(64)130-63-51(103)36(18-114-72-58(110)55(107)47(99)28(10-83)118-72)125-76(65(63)132-74-57(109)49(101)30(12-85)119-74)128-61-33(15-88)121-67(38(54(61)106)78-23(5)90)126-59-31(13-86)115-66(111)37(52(59)104)77-22(4)89/h19-21,26-76,81-88,93-111H,8-18H2,1-7H3,(H,77,89)(H,78,90)(H,79,91)(H,80,92)/t19-,20-,21-,26+,27+,28+,29+,30+,31+,32+,33+,34+,35+,36+,37+,38+,39+,40+,41+,42+,43+,44+,45+,46+,47+,48+,49-,50-,51+,52+,53+,54+,55-,56-,57+,58-,59+,60+,61+,62+,63-,64-,65-,66?,67-,68-,69-,70+,71+,72-,73-,74-,75+,76-/m0/s1. The van der Waals surface area contributed by atoms with Crippen LogP contribution in [0.1, 0.15) is 48.5 Å². The van der Waals surface area contributed by atoms with Gasteiger partial charge in [0.2, 0.25) is 23.6 Å². The van der Waals surface area contributed by atoms with E-state index in [1.807, 2.05) is 0 Å². The predicted octanol–water partition coefficient (Wildman–Crippen LogP) is -19.9. The van der Waals surface area contributed by atoms with Gasteiger partial charge in [-0.05, 0) is 0 Å². The number of carbonyl (C=O) groups excluding carboxylic acids is 4. The van der Waals surface area contributed by atoms with Crippen LogP contribution < -0.4 is 21.3 Å². The average Bonchev–Trinajstić information content (AvgIpc) is 1.12. The Balaban J connectivity index is 0.937. The van der Waals surface area contributed by atoms with Gasteiger partial charge in [0, 0.05) is 45.4 Å². The number of rotatable bonds is 35. The van der Waals surface area contributed by atoms with Crippen molar-refractivity contribution in [3.63, 3.8) is 0 Å². The first kappa shape index (κ1) is 108. The third-order valence-electron chi connectivity index (χ3n) is 25.3. The second-order valence-corrected chi connectivity index (χ2v) is 34.5. The lowest BCUT2D eigenvalue weighted by Gasteiger charge is -2.52. The molecule has 56 nitrogen and oxygen atoms in total. The van der Waals surface area contributed by atoms with Gasteiger partial charge >= 0.3 is 0 Å². The average molecular weight is 1930 g/mol. The zero-order valence-corrected chi connectivity index (χ0v) is 72.2. The molecule has 11 fully saturated rings. The Morgan fingerprint density at radius 3 is 0.902 bits per heavy atom. The highest BCUT2D eigenvalue weighted by Crippen LogP contribution is 2.43. The number of carbonyl (C=O) groups is 4. The van der Waals surface area contributed by atoms with E-state index in [0.717, 1.165) is 27.7 Å². The number of hydrogen-bond donors (Lipinski definition) is 31. The summed E-state index contributed by atoms with van der Waals surface area (Å²) in [6.45, 7) is -3.09. The van der Waals surface area contributed by atoms with Gasteiger partial charge in [0.25, 0.3) is 0 Å². The number of hydrogen-bond acceptors (Lipinski definition) is 52. The van der Waals surface area contributed by atoms with E-state index in [-0.39, 0.29) is 0 Å². The molecule has 11 saturated heterocycles. The molecule has 0 aromatic rings. The lowest BCUT2D eigenvalue weighted by molar-refractivity contribution is -0.407. The van der Waals surface area contributed by atoms with Crippen molar-refractivity contribution in [2.45, 2.75) is 362 Å². The van der Waals surface area contributed by atoms with Crippen LogP contribution >= 0.6 is 0 Å². The Morgan fingerprint density at radius 2 is 0.462 bits per heavy atom. The molecule has 0 radical (unpaired) electrons. The minimum absolute atomic E-state index is 0.670. The molecule has 0 aromatic heterocycles. The number of amides is 4. The first-order chi connectivity index (χ1) is 62.5. The Hall–Kier alpha value is -4.04. The Morgan fingerprint density at radius 1 is 0.212 bits per heavy atom. The molecule has 31 N–H and O–H groups in total. The van der Waals surface area contributed by atoms with Gasteiger partial charge in [0.15, 0.2) is 69.2 Å². The second-order valence-electron chi connectivity index (χ2n) is 34.5. The fourth-order valence-corrected chi connectivity index (χ4v) is 17.6. The van der Waals surface area contributed by atoms with Crippen molar-refractivity contribution in [1.29, 1.82) is 0 Å². The summed E-state index contributed by atoms with van der Waals surface area (Å²) < 4.78 is 128. The zero-order valence-electron chi connectivity index (χ0n) is 72.2. The molecule has 4 amide bonds. The van der Waals surface area contributed by atoms with Crippen LogP contribution in [0, 0.1) is 17.8 Å². The molecule has 56 heteroatoms. The maximum absolute atomic E-state index is 13.6. The first-order valence-electron chi connectivity index (χ1n) is 43.0. The first-order valence-corrected chi connectivity index (χ1v) is 43.0. The fraction of sp³-hybridized carbons (Fsp3) is 0.947. The van der Waals surface area contributed by atoms with E-state index in [0.29, 0.717) is 0 Å². The lowest BCUT2D eigenvalue weighted by Crippen LogP contribution is -2.71. The third-order valence-corrected chi connectivity index (χ3v) is 25.3. The molecule has 0 aromatic carbocycles. The highest BCUT2D eigenvalue weighted by atomic mass is 16.8. The maximum Gasteiger partial charge on any atom is 0.217 e. The maximum atomic E-state index is 13.6. The third kappa shape index (κ3) is 23.9. The van der Waals surface area contributed by atoms with Crippen molar-refractivity contribution in [3.05, 3.63) is 0 Å². The smallest absolute Gasteiger partial charge is 0.217 e. The summed E-state index contributed by atoms with van der Waals surface area (Å²) in [5, 5.41) is 314. The second kappa shape index (κ2) is 47.5. The molecule has 1 unspecified atom stereocenters. The van der Waals surface area contributed by atoms with Crippen molar-refractivity contribution < 1.29 is 257 Å². The van der Waals surface area contributed by atoms with Gasteiger partial charge in [0.05, 0.1) is 91.0 Å².